The van der Waals surface area contributed by atoms with Gasteiger partial charge in [-0.2, -0.15) is 0 Å². The Hall–Kier alpha value is -1.85. The van der Waals surface area contributed by atoms with Crippen molar-refractivity contribution in [2.24, 2.45) is 10.9 Å². The molecule has 2 fully saturated rings. The Kier molecular flexibility index (Phi) is 8.85. The molecule has 2 heterocycles. The molecular weight excluding hydrogens is 350 g/mol. The summed E-state index contributed by atoms with van der Waals surface area (Å²) in [5, 5.41) is 3.50. The average Bonchev–Trinajstić information content (AvgIpc) is 2.75. The quantitative estimate of drug-likeness (QED) is 0.443. The third kappa shape index (κ3) is 6.95. The molecule has 5 heteroatoms. The van der Waals surface area contributed by atoms with Crippen LogP contribution in [0.5, 0.6) is 0 Å². The molecule has 0 aromatic heterocycles. The summed E-state index contributed by atoms with van der Waals surface area (Å²) in [5.74, 6) is 1.70. The van der Waals surface area contributed by atoms with Crippen molar-refractivity contribution >= 4 is 12.0 Å². The Morgan fingerprint density at radius 3 is 2.68 bits per heavy atom. The number of hydrogen-bond acceptors (Lipinski definition) is 3. The van der Waals surface area contributed by atoms with Gasteiger partial charge >= 0.3 is 0 Å². The van der Waals surface area contributed by atoms with Gasteiger partial charge in [0.05, 0.1) is 0 Å². The smallest absolute Gasteiger partial charge is 0.193 e. The number of guanidine groups is 1. The maximum absolute atomic E-state index is 5.85. The van der Waals surface area contributed by atoms with E-state index in [-0.39, 0.29) is 0 Å². The number of likely N-dealkylation sites (tertiary alicyclic amines) is 1. The predicted octanol–water partition coefficient (Wildman–Crippen LogP) is 3.57. The normalized spacial score (nSPS) is 19.0. The zero-order valence-electron chi connectivity index (χ0n) is 17.2. The van der Waals surface area contributed by atoms with Crippen LogP contribution in [0.15, 0.2) is 40.9 Å². The van der Waals surface area contributed by atoms with Gasteiger partial charge in [-0.25, -0.2) is 0 Å². The Morgan fingerprint density at radius 2 is 1.96 bits per heavy atom. The fourth-order valence-electron chi connectivity index (χ4n) is 3.80. The van der Waals surface area contributed by atoms with E-state index in [2.05, 4.69) is 51.6 Å². The van der Waals surface area contributed by atoms with Gasteiger partial charge in [0.1, 0.15) is 0 Å². The minimum Gasteiger partial charge on any atom is -0.381 e. The van der Waals surface area contributed by atoms with Gasteiger partial charge in [0.25, 0.3) is 0 Å². The molecule has 2 aliphatic rings. The van der Waals surface area contributed by atoms with Crippen LogP contribution in [-0.2, 0) is 9.47 Å². The maximum atomic E-state index is 5.85. The zero-order valence-corrected chi connectivity index (χ0v) is 17.2. The first kappa shape index (κ1) is 20.9. The van der Waals surface area contributed by atoms with Gasteiger partial charge in [-0.1, -0.05) is 42.0 Å². The second-order valence-corrected chi connectivity index (χ2v) is 7.66. The topological polar surface area (TPSA) is 46.1 Å². The molecule has 0 atom stereocenters. The van der Waals surface area contributed by atoms with Crippen molar-refractivity contribution in [1.82, 2.24) is 10.2 Å². The van der Waals surface area contributed by atoms with E-state index in [9.17, 15) is 0 Å². The Morgan fingerprint density at radius 1 is 1.21 bits per heavy atom. The first-order chi connectivity index (χ1) is 13.8. The number of rotatable bonds is 7. The van der Waals surface area contributed by atoms with Crippen LogP contribution in [0.2, 0.25) is 0 Å². The average molecular weight is 386 g/mol. The van der Waals surface area contributed by atoms with Crippen molar-refractivity contribution in [1.29, 1.82) is 0 Å². The standard InChI is InChI=1S/C23H35N3O2/c1-24-23(25-12-5-15-28-19-22-10-16-27-17-11-22)26-13-8-21(9-14-26)18-20-6-3-2-4-7-20/h2-4,6-7,18,22H,5,8-17,19H2,1H3,(H,24,25). The Balaban J connectivity index is 1.30. The van der Waals surface area contributed by atoms with Crippen LogP contribution >= 0.6 is 0 Å². The summed E-state index contributed by atoms with van der Waals surface area (Å²) in [7, 11) is 1.87. The first-order valence-electron chi connectivity index (χ1n) is 10.7. The molecule has 1 aromatic rings. The molecule has 2 saturated heterocycles. The molecule has 0 spiro atoms. The Bertz CT molecular complexity index is 614. The zero-order chi connectivity index (χ0) is 19.4. The Labute approximate surface area is 169 Å². The van der Waals surface area contributed by atoms with Gasteiger partial charge in [-0.05, 0) is 43.6 Å². The van der Waals surface area contributed by atoms with E-state index in [1.807, 2.05) is 7.05 Å². The van der Waals surface area contributed by atoms with E-state index in [0.29, 0.717) is 5.92 Å². The third-order valence-corrected chi connectivity index (χ3v) is 5.53. The largest absolute Gasteiger partial charge is 0.381 e. The molecule has 0 saturated carbocycles. The predicted molar refractivity (Wildman–Crippen MR) is 116 cm³/mol. The number of benzene rings is 1. The van der Waals surface area contributed by atoms with Crippen LogP contribution in [-0.4, -0.2) is 64.0 Å². The highest BCUT2D eigenvalue weighted by Crippen LogP contribution is 2.19. The SMILES string of the molecule is CN=C(NCCCOCC1CCOCC1)N1CCC(=Cc2ccccc2)CC1. The molecule has 5 nitrogen and oxygen atoms in total. The van der Waals surface area contributed by atoms with Crippen molar-refractivity contribution in [3.05, 3.63) is 41.5 Å². The maximum Gasteiger partial charge on any atom is 0.193 e. The van der Waals surface area contributed by atoms with E-state index in [1.165, 1.54) is 11.1 Å². The lowest BCUT2D eigenvalue weighted by Crippen LogP contribution is -2.44. The summed E-state index contributed by atoms with van der Waals surface area (Å²) in [5.41, 5.74) is 2.83. The van der Waals surface area contributed by atoms with Crippen molar-refractivity contribution in [3.8, 4) is 0 Å². The van der Waals surface area contributed by atoms with E-state index in [1.54, 1.807) is 0 Å². The second-order valence-electron chi connectivity index (χ2n) is 7.66. The van der Waals surface area contributed by atoms with Crippen molar-refractivity contribution in [2.45, 2.75) is 32.1 Å². The molecule has 154 valence electrons. The summed E-state index contributed by atoms with van der Waals surface area (Å²) < 4.78 is 11.2. The van der Waals surface area contributed by atoms with Crippen LogP contribution in [0.3, 0.4) is 0 Å². The van der Waals surface area contributed by atoms with Crippen molar-refractivity contribution < 1.29 is 9.47 Å². The number of aliphatic imine (C=N–C) groups is 1. The number of ether oxygens (including phenoxy) is 2. The molecule has 0 unspecified atom stereocenters. The van der Waals surface area contributed by atoms with Crippen LogP contribution in [0.25, 0.3) is 6.08 Å². The van der Waals surface area contributed by atoms with Gasteiger partial charge in [-0.3, -0.25) is 4.99 Å². The summed E-state index contributed by atoms with van der Waals surface area (Å²) in [4.78, 5) is 6.84. The van der Waals surface area contributed by atoms with Crippen molar-refractivity contribution in [2.75, 3.05) is 53.1 Å². The highest BCUT2D eigenvalue weighted by atomic mass is 16.5. The van der Waals surface area contributed by atoms with Crippen LogP contribution in [0, 0.1) is 5.92 Å². The highest BCUT2D eigenvalue weighted by molar-refractivity contribution is 5.80. The van der Waals surface area contributed by atoms with Crippen LogP contribution < -0.4 is 5.32 Å². The molecule has 0 amide bonds. The minimum absolute atomic E-state index is 0.681. The fourth-order valence-corrected chi connectivity index (χ4v) is 3.80. The number of nitrogens with zero attached hydrogens (tertiary/aromatic N) is 2. The van der Waals surface area contributed by atoms with Gasteiger partial charge in [0.15, 0.2) is 5.96 Å². The monoisotopic (exact) mass is 385 g/mol. The van der Waals surface area contributed by atoms with Gasteiger partial charge < -0.3 is 19.7 Å². The highest BCUT2D eigenvalue weighted by Gasteiger charge is 2.17. The van der Waals surface area contributed by atoms with Crippen molar-refractivity contribution in [3.63, 3.8) is 0 Å². The summed E-state index contributed by atoms with van der Waals surface area (Å²) in [6.45, 7) is 6.43. The lowest BCUT2D eigenvalue weighted by atomic mass is 10.0. The van der Waals surface area contributed by atoms with Crippen LogP contribution in [0.4, 0.5) is 0 Å². The molecule has 0 aliphatic carbocycles. The molecule has 2 aliphatic heterocycles. The lowest BCUT2D eigenvalue weighted by Gasteiger charge is -2.31. The van der Waals surface area contributed by atoms with Gasteiger partial charge in [0.2, 0.25) is 0 Å². The fraction of sp³-hybridized carbons (Fsp3) is 0.609. The lowest BCUT2D eigenvalue weighted by molar-refractivity contribution is 0.0203. The van der Waals surface area contributed by atoms with E-state index >= 15 is 0 Å². The number of piperidine rings is 1. The van der Waals surface area contributed by atoms with E-state index < -0.39 is 0 Å². The molecule has 0 bridgehead atoms. The molecule has 28 heavy (non-hydrogen) atoms. The molecule has 1 aromatic carbocycles. The first-order valence-corrected chi connectivity index (χ1v) is 10.7. The molecule has 1 N–H and O–H groups in total. The summed E-state index contributed by atoms with van der Waals surface area (Å²) >= 11 is 0. The summed E-state index contributed by atoms with van der Waals surface area (Å²) in [6, 6.07) is 10.6. The molecule has 0 radical (unpaired) electrons. The summed E-state index contributed by atoms with van der Waals surface area (Å²) in [6.07, 6.45) is 7.83. The molecule has 3 rings (SSSR count). The second kappa shape index (κ2) is 11.9. The minimum atomic E-state index is 0.681. The molecular formula is C23H35N3O2. The number of hydrogen-bond donors (Lipinski definition) is 1. The van der Waals surface area contributed by atoms with Crippen LogP contribution in [0.1, 0.15) is 37.7 Å². The van der Waals surface area contributed by atoms with E-state index in [4.69, 9.17) is 9.47 Å². The van der Waals surface area contributed by atoms with E-state index in [0.717, 1.165) is 84.1 Å². The third-order valence-electron chi connectivity index (χ3n) is 5.53. The van der Waals surface area contributed by atoms with Gasteiger partial charge in [-0.15, -0.1) is 0 Å². The number of nitrogens with one attached hydrogen (secondary N) is 1. The van der Waals surface area contributed by atoms with Gasteiger partial charge in [0, 0.05) is 53.1 Å².